The van der Waals surface area contributed by atoms with Crippen molar-refractivity contribution in [3.63, 3.8) is 0 Å². The molecule has 0 aromatic carbocycles. The first-order chi connectivity index (χ1) is 7.72. The van der Waals surface area contributed by atoms with E-state index in [1.807, 2.05) is 0 Å². The summed E-state index contributed by atoms with van der Waals surface area (Å²) in [7, 11) is -3.91. The van der Waals surface area contributed by atoms with Gasteiger partial charge in [0.2, 0.25) is 0 Å². The molecule has 0 unspecified atom stereocenters. The van der Waals surface area contributed by atoms with Crippen molar-refractivity contribution in [2.75, 3.05) is 0 Å². The highest BCUT2D eigenvalue weighted by molar-refractivity contribution is 6.86. The maximum Gasteiger partial charge on any atom is 0.129 e. The quantitative estimate of drug-likeness (QED) is 0.386. The predicted molar refractivity (Wildman–Crippen MR) is 95.0 cm³/mol. The van der Waals surface area contributed by atoms with Gasteiger partial charge in [0.1, 0.15) is 8.07 Å². The van der Waals surface area contributed by atoms with Crippen molar-refractivity contribution in [1.82, 2.24) is 0 Å². The molecule has 0 N–H and O–H groups in total. The van der Waals surface area contributed by atoms with Gasteiger partial charge in [0, 0.05) is 5.57 Å². The zero-order chi connectivity index (χ0) is 14.8. The third-order valence-corrected chi connectivity index (χ3v) is 6.49. The Morgan fingerprint density at radius 3 is 1.61 bits per heavy atom. The van der Waals surface area contributed by atoms with Crippen LogP contribution in [0.5, 0.6) is 0 Å². The summed E-state index contributed by atoms with van der Waals surface area (Å²) in [5.41, 5.74) is 7.18. The monoisotopic (exact) mass is 294 g/mol. The largest absolute Gasteiger partial charge is 0.129 e. The van der Waals surface area contributed by atoms with Gasteiger partial charge in [-0.25, -0.2) is 0 Å². The number of allylic oxidation sites excluding steroid dienone is 2. The summed E-state index contributed by atoms with van der Waals surface area (Å²) in [6.07, 6.45) is 0. The second-order valence-electron chi connectivity index (χ2n) is 8.15. The van der Waals surface area contributed by atoms with E-state index in [1.54, 1.807) is 0 Å². The average molecular weight is 295 g/mol. The van der Waals surface area contributed by atoms with E-state index in [2.05, 4.69) is 82.7 Å². The molecule has 0 saturated carbocycles. The lowest BCUT2D eigenvalue weighted by Gasteiger charge is -2.22. The highest BCUT2D eigenvalue weighted by atomic mass is 28.3. The topological polar surface area (TPSA) is 0 Å². The summed E-state index contributed by atoms with van der Waals surface area (Å²) in [6, 6.07) is 0. The maximum atomic E-state index is 4.34. The molecule has 0 nitrogen and oxygen atoms in total. The van der Waals surface area contributed by atoms with E-state index in [0.717, 1.165) is 0 Å². The number of hydrogen-bond donors (Lipinski definition) is 0. The van der Waals surface area contributed by atoms with Crippen LogP contribution in [0.1, 0.15) is 0 Å². The van der Waals surface area contributed by atoms with Crippen LogP contribution < -0.4 is 0 Å². The molecule has 102 valence electrons. The third-order valence-electron chi connectivity index (χ3n) is 2.38. The highest BCUT2D eigenvalue weighted by Gasteiger charge is 2.22. The van der Waals surface area contributed by atoms with Gasteiger partial charge in [0.15, 0.2) is 0 Å². The minimum atomic E-state index is -1.35. The van der Waals surface area contributed by atoms with Gasteiger partial charge < -0.3 is 0 Å². The molecule has 0 aliphatic rings. The summed E-state index contributed by atoms with van der Waals surface area (Å²) in [4.78, 5) is 0. The van der Waals surface area contributed by atoms with Crippen molar-refractivity contribution >= 4 is 24.2 Å². The van der Waals surface area contributed by atoms with Gasteiger partial charge in [-0.2, -0.15) is 0 Å². The molecule has 18 heavy (non-hydrogen) atoms. The molecule has 0 aliphatic carbocycles. The SMILES string of the molecule is C=C(/C(C#C[Si](C)(C)C)=C\[Si](C)(C)C)[Si](C)(C)C. The van der Waals surface area contributed by atoms with E-state index >= 15 is 0 Å². The molecular weight excluding hydrogens is 264 g/mol. The smallest absolute Gasteiger partial charge is 0.127 e. The van der Waals surface area contributed by atoms with Crippen LogP contribution in [0.25, 0.3) is 0 Å². The van der Waals surface area contributed by atoms with Crippen molar-refractivity contribution in [3.8, 4) is 11.5 Å². The van der Waals surface area contributed by atoms with Crippen molar-refractivity contribution in [2.24, 2.45) is 0 Å². The zero-order valence-corrected chi connectivity index (χ0v) is 16.8. The van der Waals surface area contributed by atoms with Crippen LogP contribution in [0.2, 0.25) is 58.9 Å². The molecular formula is C15H30Si3. The van der Waals surface area contributed by atoms with E-state index in [-0.39, 0.29) is 0 Å². The summed E-state index contributed by atoms with van der Waals surface area (Å²) >= 11 is 0. The van der Waals surface area contributed by atoms with E-state index in [1.165, 1.54) is 10.8 Å². The van der Waals surface area contributed by atoms with Gasteiger partial charge in [0.25, 0.3) is 0 Å². The molecule has 0 fully saturated rings. The molecule has 0 aromatic rings. The van der Waals surface area contributed by atoms with Gasteiger partial charge in [-0.3, -0.25) is 0 Å². The van der Waals surface area contributed by atoms with E-state index in [0.29, 0.717) is 0 Å². The minimum absolute atomic E-state index is 1.25. The number of rotatable bonds is 3. The first-order valence-corrected chi connectivity index (χ1v) is 17.3. The maximum absolute atomic E-state index is 4.34. The molecule has 0 atom stereocenters. The second-order valence-corrected chi connectivity index (χ2v) is 23.0. The van der Waals surface area contributed by atoms with Crippen LogP contribution in [0.15, 0.2) is 23.0 Å². The Morgan fingerprint density at radius 2 is 1.33 bits per heavy atom. The van der Waals surface area contributed by atoms with Gasteiger partial charge in [-0.05, 0) is 0 Å². The summed E-state index contributed by atoms with van der Waals surface area (Å²) in [5, 5.41) is 1.32. The van der Waals surface area contributed by atoms with Crippen LogP contribution in [-0.2, 0) is 0 Å². The lowest BCUT2D eigenvalue weighted by Crippen LogP contribution is -2.27. The lowest BCUT2D eigenvalue weighted by atomic mass is 10.3. The standard InChI is InChI=1S/C15H30Si3/c1-14(18(8,9)10)15(13-17(5,6)7)11-12-16(2,3)4/h13H,1H2,2-10H3/b15-13-. The van der Waals surface area contributed by atoms with Crippen LogP contribution in [0.4, 0.5) is 0 Å². The Kier molecular flexibility index (Phi) is 5.67. The Labute approximate surface area is 118 Å². The van der Waals surface area contributed by atoms with E-state index in [4.69, 9.17) is 0 Å². The Hall–Kier alpha value is -0.309. The fourth-order valence-corrected chi connectivity index (χ4v) is 4.00. The lowest BCUT2D eigenvalue weighted by molar-refractivity contribution is 1.59. The normalized spacial score (nSPS) is 13.9. The highest BCUT2D eigenvalue weighted by Crippen LogP contribution is 2.22. The van der Waals surface area contributed by atoms with Crippen LogP contribution in [0, 0.1) is 11.5 Å². The van der Waals surface area contributed by atoms with Crippen LogP contribution in [-0.4, -0.2) is 24.2 Å². The van der Waals surface area contributed by atoms with Crippen molar-refractivity contribution in [3.05, 3.63) is 23.0 Å². The van der Waals surface area contributed by atoms with Crippen molar-refractivity contribution in [1.29, 1.82) is 0 Å². The molecule has 0 bridgehead atoms. The average Bonchev–Trinajstić information content (AvgIpc) is 2.06. The third kappa shape index (κ3) is 7.91. The van der Waals surface area contributed by atoms with Gasteiger partial charge in [0.05, 0.1) is 16.1 Å². The van der Waals surface area contributed by atoms with Crippen LogP contribution >= 0.6 is 0 Å². The molecule has 0 aromatic heterocycles. The predicted octanol–water partition coefficient (Wildman–Crippen LogP) is 5.10. The molecule has 0 radical (unpaired) electrons. The zero-order valence-electron chi connectivity index (χ0n) is 13.8. The first kappa shape index (κ1) is 17.7. The van der Waals surface area contributed by atoms with Crippen LogP contribution in [0.3, 0.4) is 0 Å². The molecule has 0 amide bonds. The fourth-order valence-electron chi connectivity index (χ4n) is 1.29. The molecule has 0 saturated heterocycles. The van der Waals surface area contributed by atoms with Gasteiger partial charge in [-0.15, -0.1) is 5.54 Å². The van der Waals surface area contributed by atoms with Gasteiger partial charge in [-0.1, -0.05) is 82.3 Å². The summed E-state index contributed by atoms with van der Waals surface area (Å²) < 4.78 is 0. The molecule has 0 aliphatic heterocycles. The van der Waals surface area contributed by atoms with Gasteiger partial charge >= 0.3 is 0 Å². The molecule has 3 heteroatoms. The Bertz CT molecular complexity index is 398. The van der Waals surface area contributed by atoms with Crippen molar-refractivity contribution in [2.45, 2.75) is 58.9 Å². The van der Waals surface area contributed by atoms with Crippen molar-refractivity contribution < 1.29 is 0 Å². The Morgan fingerprint density at radius 1 is 0.889 bits per heavy atom. The van der Waals surface area contributed by atoms with E-state index in [9.17, 15) is 0 Å². The number of hydrogen-bond acceptors (Lipinski definition) is 0. The summed E-state index contributed by atoms with van der Waals surface area (Å²) in [5.74, 6) is 3.47. The minimum Gasteiger partial charge on any atom is -0.127 e. The first-order valence-electron chi connectivity index (χ1n) is 6.68. The molecule has 0 rings (SSSR count). The summed E-state index contributed by atoms with van der Waals surface area (Å²) in [6.45, 7) is 25.4. The molecule has 0 heterocycles. The second kappa shape index (κ2) is 5.77. The van der Waals surface area contributed by atoms with E-state index < -0.39 is 24.2 Å². The fraction of sp³-hybridized carbons (Fsp3) is 0.600. The molecule has 0 spiro atoms. The Balaban J connectivity index is 5.55.